The lowest BCUT2D eigenvalue weighted by molar-refractivity contribution is 0.242. The summed E-state index contributed by atoms with van der Waals surface area (Å²) in [6.07, 6.45) is 0.0828. The highest BCUT2D eigenvalue weighted by Gasteiger charge is 2.23. The summed E-state index contributed by atoms with van der Waals surface area (Å²) in [5.74, 6) is 0.729. The molecule has 0 radical (unpaired) electrons. The van der Waals surface area contributed by atoms with Gasteiger partial charge in [-0.3, -0.25) is 4.31 Å². The smallest absolute Gasteiger partial charge is 0.264 e. The van der Waals surface area contributed by atoms with Crippen molar-refractivity contribution in [2.24, 2.45) is 0 Å². The highest BCUT2D eigenvalue weighted by molar-refractivity contribution is 7.92. The largest absolute Gasteiger partial charge is 0.491 e. The minimum Gasteiger partial charge on any atom is -0.491 e. The maximum Gasteiger partial charge on any atom is 0.264 e. The van der Waals surface area contributed by atoms with Crippen LogP contribution in [0.15, 0.2) is 53.4 Å². The molecule has 4 nitrogen and oxygen atoms in total. The Morgan fingerprint density at radius 1 is 1.00 bits per heavy atom. The van der Waals surface area contributed by atoms with Gasteiger partial charge in [0.05, 0.1) is 16.7 Å². The van der Waals surface area contributed by atoms with Crippen molar-refractivity contribution >= 4 is 15.7 Å². The Bertz CT molecular complexity index is 735. The van der Waals surface area contributed by atoms with E-state index in [4.69, 9.17) is 4.74 Å². The predicted molar refractivity (Wildman–Crippen MR) is 93.6 cm³/mol. The van der Waals surface area contributed by atoms with Crippen LogP contribution in [0, 0.1) is 6.92 Å². The van der Waals surface area contributed by atoms with Crippen LogP contribution >= 0.6 is 0 Å². The van der Waals surface area contributed by atoms with Gasteiger partial charge in [-0.1, -0.05) is 17.7 Å². The van der Waals surface area contributed by atoms with Crippen LogP contribution in [0.25, 0.3) is 0 Å². The van der Waals surface area contributed by atoms with Crippen LogP contribution in [-0.4, -0.2) is 21.1 Å². The average Bonchev–Trinajstić information content (AvgIpc) is 2.49. The van der Waals surface area contributed by atoms with E-state index in [1.807, 2.05) is 27.7 Å². The van der Waals surface area contributed by atoms with Crippen LogP contribution in [-0.2, 0) is 10.0 Å². The number of ether oxygens (including phenoxy) is 1. The van der Waals surface area contributed by atoms with Gasteiger partial charge in [0, 0.05) is 6.54 Å². The molecule has 0 heterocycles. The average molecular weight is 333 g/mol. The van der Waals surface area contributed by atoms with E-state index in [2.05, 4.69) is 0 Å². The number of hydrogen-bond donors (Lipinski definition) is 0. The van der Waals surface area contributed by atoms with E-state index >= 15 is 0 Å². The molecule has 0 saturated carbocycles. The summed E-state index contributed by atoms with van der Waals surface area (Å²) < 4.78 is 32.7. The zero-order valence-electron chi connectivity index (χ0n) is 14.0. The molecule has 23 heavy (non-hydrogen) atoms. The zero-order valence-corrected chi connectivity index (χ0v) is 14.8. The van der Waals surface area contributed by atoms with E-state index < -0.39 is 10.0 Å². The third-order valence-corrected chi connectivity index (χ3v) is 5.31. The third-order valence-electron chi connectivity index (χ3n) is 3.39. The lowest BCUT2D eigenvalue weighted by atomic mass is 10.2. The molecule has 0 atom stereocenters. The Labute approximate surface area is 138 Å². The van der Waals surface area contributed by atoms with Crippen molar-refractivity contribution in [1.82, 2.24) is 0 Å². The Morgan fingerprint density at radius 2 is 1.57 bits per heavy atom. The first kappa shape index (κ1) is 17.3. The van der Waals surface area contributed by atoms with E-state index in [0.29, 0.717) is 17.1 Å². The summed E-state index contributed by atoms with van der Waals surface area (Å²) >= 11 is 0. The molecule has 0 aromatic heterocycles. The van der Waals surface area contributed by atoms with Crippen LogP contribution in [0.2, 0.25) is 0 Å². The summed E-state index contributed by atoms with van der Waals surface area (Å²) in [6, 6.07) is 14.0. The number of anilines is 1. The van der Waals surface area contributed by atoms with E-state index in [9.17, 15) is 8.42 Å². The molecule has 0 unspecified atom stereocenters. The molecular weight excluding hydrogens is 310 g/mol. The standard InChI is InChI=1S/C18H23NO3S/c1-5-19(16-8-10-17(11-9-16)22-14(2)3)23(20,21)18-12-6-15(4)7-13-18/h6-14H,5H2,1-4H3. The Balaban J connectivity index is 2.33. The summed E-state index contributed by atoms with van der Waals surface area (Å²) in [5.41, 5.74) is 1.66. The number of hydrogen-bond acceptors (Lipinski definition) is 3. The van der Waals surface area contributed by atoms with E-state index in [1.54, 1.807) is 48.5 Å². The molecule has 0 bridgehead atoms. The quantitative estimate of drug-likeness (QED) is 0.803. The van der Waals surface area contributed by atoms with Gasteiger partial charge in [-0.2, -0.15) is 0 Å². The molecule has 0 spiro atoms. The number of nitrogens with zero attached hydrogens (tertiary/aromatic N) is 1. The van der Waals surface area contributed by atoms with Crippen molar-refractivity contribution in [3.8, 4) is 5.75 Å². The fourth-order valence-corrected chi connectivity index (χ4v) is 3.77. The van der Waals surface area contributed by atoms with Crippen molar-refractivity contribution in [3.05, 3.63) is 54.1 Å². The molecule has 0 aliphatic heterocycles. The van der Waals surface area contributed by atoms with Crippen molar-refractivity contribution in [3.63, 3.8) is 0 Å². The highest BCUT2D eigenvalue weighted by Crippen LogP contribution is 2.26. The first-order valence-corrected chi connectivity index (χ1v) is 9.14. The molecule has 0 saturated heterocycles. The Kier molecular flexibility index (Phi) is 5.31. The molecule has 0 amide bonds. The zero-order chi connectivity index (χ0) is 17.0. The van der Waals surface area contributed by atoms with E-state index in [-0.39, 0.29) is 6.10 Å². The van der Waals surface area contributed by atoms with Gasteiger partial charge in [0.15, 0.2) is 0 Å². The summed E-state index contributed by atoms with van der Waals surface area (Å²) in [7, 11) is -3.56. The molecule has 0 fully saturated rings. The fraction of sp³-hybridized carbons (Fsp3) is 0.333. The number of rotatable bonds is 6. The van der Waals surface area contributed by atoms with E-state index in [1.165, 1.54) is 4.31 Å². The molecule has 2 aromatic rings. The Morgan fingerprint density at radius 3 is 2.04 bits per heavy atom. The van der Waals surface area contributed by atoms with Crippen molar-refractivity contribution in [1.29, 1.82) is 0 Å². The minimum atomic E-state index is -3.56. The normalized spacial score (nSPS) is 11.5. The van der Waals surface area contributed by atoms with Gasteiger partial charge < -0.3 is 4.74 Å². The summed E-state index contributed by atoms with van der Waals surface area (Å²) in [5, 5.41) is 0. The first-order valence-electron chi connectivity index (χ1n) is 7.70. The molecule has 5 heteroatoms. The monoisotopic (exact) mass is 333 g/mol. The second-order valence-corrected chi connectivity index (χ2v) is 7.51. The second-order valence-electron chi connectivity index (χ2n) is 5.64. The van der Waals surface area contributed by atoms with Crippen molar-refractivity contribution in [2.75, 3.05) is 10.8 Å². The summed E-state index contributed by atoms with van der Waals surface area (Å²) in [4.78, 5) is 0.299. The van der Waals surface area contributed by atoms with Crippen molar-refractivity contribution < 1.29 is 13.2 Å². The van der Waals surface area contributed by atoms with Crippen LogP contribution in [0.5, 0.6) is 5.75 Å². The molecule has 0 aliphatic carbocycles. The van der Waals surface area contributed by atoms with Gasteiger partial charge in [0.1, 0.15) is 5.75 Å². The third kappa shape index (κ3) is 4.05. The summed E-state index contributed by atoms with van der Waals surface area (Å²) in [6.45, 7) is 8.02. The SMILES string of the molecule is CCN(c1ccc(OC(C)C)cc1)S(=O)(=O)c1ccc(C)cc1. The molecule has 124 valence electrons. The van der Waals surface area contributed by atoms with Crippen LogP contribution < -0.4 is 9.04 Å². The van der Waals surface area contributed by atoms with Gasteiger partial charge in [-0.05, 0) is 64.1 Å². The van der Waals surface area contributed by atoms with Gasteiger partial charge in [0.2, 0.25) is 0 Å². The lowest BCUT2D eigenvalue weighted by Crippen LogP contribution is -2.30. The maximum atomic E-state index is 12.8. The van der Waals surface area contributed by atoms with Gasteiger partial charge in [-0.25, -0.2) is 8.42 Å². The van der Waals surface area contributed by atoms with Crippen LogP contribution in [0.1, 0.15) is 26.3 Å². The molecule has 0 N–H and O–H groups in total. The van der Waals surface area contributed by atoms with Crippen molar-refractivity contribution in [2.45, 2.75) is 38.7 Å². The minimum absolute atomic E-state index is 0.0828. The topological polar surface area (TPSA) is 46.6 Å². The van der Waals surface area contributed by atoms with Crippen LogP contribution in [0.3, 0.4) is 0 Å². The van der Waals surface area contributed by atoms with Gasteiger partial charge in [-0.15, -0.1) is 0 Å². The van der Waals surface area contributed by atoms with E-state index in [0.717, 1.165) is 11.3 Å². The predicted octanol–water partition coefficient (Wildman–Crippen LogP) is 4.00. The van der Waals surface area contributed by atoms with Gasteiger partial charge in [0.25, 0.3) is 10.0 Å². The molecule has 0 aliphatic rings. The Hall–Kier alpha value is -2.01. The van der Waals surface area contributed by atoms with Gasteiger partial charge >= 0.3 is 0 Å². The fourth-order valence-electron chi connectivity index (χ4n) is 2.29. The molecule has 2 rings (SSSR count). The van der Waals surface area contributed by atoms with Crippen LogP contribution in [0.4, 0.5) is 5.69 Å². The number of aryl methyl sites for hydroxylation is 1. The first-order chi connectivity index (χ1) is 10.8. The molecule has 2 aromatic carbocycles. The lowest BCUT2D eigenvalue weighted by Gasteiger charge is -2.23. The second kappa shape index (κ2) is 7.04. The molecular formula is C18H23NO3S. The maximum absolute atomic E-state index is 12.8. The highest BCUT2D eigenvalue weighted by atomic mass is 32.2. The number of benzene rings is 2. The number of sulfonamides is 1.